The third-order valence-electron chi connectivity index (χ3n) is 8.48. The molecule has 0 amide bonds. The SMILES string of the molecule is CC[C@@H](CNc1nn(C)c(=O)c2cc(-c3ccc4c(NCC(c5ccc(Cl)cc5)N(C)C)nn(C)c(=O)c4c3)ccc12)N(C)C. The molecule has 1 unspecified atom stereocenters. The lowest BCUT2D eigenvalue weighted by Crippen LogP contribution is -2.34. The zero-order chi connectivity index (χ0) is 32.4. The number of hydrogen-bond acceptors (Lipinski definition) is 8. The average molecular weight is 629 g/mol. The molecule has 0 spiro atoms. The van der Waals surface area contributed by atoms with E-state index in [2.05, 4.69) is 51.6 Å². The van der Waals surface area contributed by atoms with Crippen molar-refractivity contribution in [2.45, 2.75) is 25.4 Å². The number of fused-ring (bicyclic) bond motifs is 2. The third kappa shape index (κ3) is 6.73. The predicted molar refractivity (Wildman–Crippen MR) is 186 cm³/mol. The van der Waals surface area contributed by atoms with E-state index in [1.54, 1.807) is 14.1 Å². The molecule has 11 heteroatoms. The second-order valence-corrected chi connectivity index (χ2v) is 12.3. The molecule has 5 rings (SSSR count). The number of aryl methyl sites for hydroxylation is 2. The van der Waals surface area contributed by atoms with E-state index >= 15 is 0 Å². The van der Waals surface area contributed by atoms with Crippen LogP contribution in [0.3, 0.4) is 0 Å². The molecular formula is C34H41ClN8O2. The largest absolute Gasteiger partial charge is 0.367 e. The van der Waals surface area contributed by atoms with Gasteiger partial charge in [0.1, 0.15) is 0 Å². The normalized spacial score (nSPS) is 13.1. The molecule has 0 saturated heterocycles. The summed E-state index contributed by atoms with van der Waals surface area (Å²) in [6, 6.07) is 19.7. The van der Waals surface area contributed by atoms with E-state index in [-0.39, 0.29) is 17.2 Å². The lowest BCUT2D eigenvalue weighted by Gasteiger charge is -2.25. The van der Waals surface area contributed by atoms with Crippen molar-refractivity contribution in [2.75, 3.05) is 51.9 Å². The number of rotatable bonds is 11. The Morgan fingerprint density at radius 1 is 0.711 bits per heavy atom. The first-order chi connectivity index (χ1) is 21.5. The van der Waals surface area contributed by atoms with Crippen LogP contribution in [0.2, 0.25) is 5.02 Å². The third-order valence-corrected chi connectivity index (χ3v) is 8.73. The number of hydrogen-bond donors (Lipinski definition) is 2. The van der Waals surface area contributed by atoms with Crippen LogP contribution >= 0.6 is 11.6 Å². The van der Waals surface area contributed by atoms with Gasteiger partial charge in [-0.05, 0) is 87.7 Å². The summed E-state index contributed by atoms with van der Waals surface area (Å²) in [5.74, 6) is 1.29. The Kier molecular flexibility index (Phi) is 9.57. The molecule has 45 heavy (non-hydrogen) atoms. The monoisotopic (exact) mass is 628 g/mol. The van der Waals surface area contributed by atoms with Gasteiger partial charge in [-0.25, -0.2) is 9.36 Å². The van der Waals surface area contributed by atoms with E-state index < -0.39 is 0 Å². The van der Waals surface area contributed by atoms with Gasteiger partial charge in [0.2, 0.25) is 0 Å². The van der Waals surface area contributed by atoms with Gasteiger partial charge in [-0.3, -0.25) is 9.59 Å². The van der Waals surface area contributed by atoms with Crippen molar-refractivity contribution in [3.63, 3.8) is 0 Å². The predicted octanol–water partition coefficient (Wildman–Crippen LogP) is 4.97. The second-order valence-electron chi connectivity index (χ2n) is 11.9. The molecule has 2 N–H and O–H groups in total. The molecular weight excluding hydrogens is 588 g/mol. The van der Waals surface area contributed by atoms with E-state index in [4.69, 9.17) is 11.6 Å². The van der Waals surface area contributed by atoms with Gasteiger partial charge in [-0.15, -0.1) is 0 Å². The molecule has 0 bridgehead atoms. The highest BCUT2D eigenvalue weighted by Crippen LogP contribution is 2.30. The minimum atomic E-state index is -0.196. The van der Waals surface area contributed by atoms with Crippen molar-refractivity contribution in [3.05, 3.63) is 92.0 Å². The molecule has 2 heterocycles. The summed E-state index contributed by atoms with van der Waals surface area (Å²) >= 11 is 6.12. The van der Waals surface area contributed by atoms with Crippen molar-refractivity contribution in [1.82, 2.24) is 29.4 Å². The number of likely N-dealkylation sites (N-methyl/N-ethyl adjacent to an activating group) is 2. The molecule has 2 atom stereocenters. The minimum Gasteiger partial charge on any atom is -0.367 e. The van der Waals surface area contributed by atoms with Crippen LogP contribution in [0.4, 0.5) is 11.6 Å². The molecule has 0 aliphatic carbocycles. The van der Waals surface area contributed by atoms with E-state index in [0.29, 0.717) is 46.6 Å². The number of aromatic nitrogens is 4. The fourth-order valence-electron chi connectivity index (χ4n) is 5.71. The van der Waals surface area contributed by atoms with Gasteiger partial charge in [0.15, 0.2) is 11.6 Å². The highest BCUT2D eigenvalue weighted by molar-refractivity contribution is 6.30. The Bertz CT molecular complexity index is 1950. The first-order valence-electron chi connectivity index (χ1n) is 15.1. The summed E-state index contributed by atoms with van der Waals surface area (Å²) in [4.78, 5) is 30.8. The highest BCUT2D eigenvalue weighted by atomic mass is 35.5. The van der Waals surface area contributed by atoms with Crippen LogP contribution in [0, 0.1) is 0 Å². The molecule has 236 valence electrons. The van der Waals surface area contributed by atoms with Crippen LogP contribution in [-0.2, 0) is 14.1 Å². The van der Waals surface area contributed by atoms with E-state index in [1.165, 1.54) is 9.36 Å². The van der Waals surface area contributed by atoms with Crippen molar-refractivity contribution >= 4 is 44.8 Å². The molecule has 10 nitrogen and oxygen atoms in total. The van der Waals surface area contributed by atoms with Gasteiger partial charge < -0.3 is 20.4 Å². The number of anilines is 2. The van der Waals surface area contributed by atoms with Crippen LogP contribution in [0.5, 0.6) is 0 Å². The molecule has 2 aromatic heterocycles. The van der Waals surface area contributed by atoms with Crippen molar-refractivity contribution in [3.8, 4) is 11.1 Å². The molecule has 5 aromatic rings. The molecule has 0 fully saturated rings. The van der Waals surface area contributed by atoms with Gasteiger partial charge in [0.05, 0.1) is 16.8 Å². The average Bonchev–Trinajstić information content (AvgIpc) is 3.02. The standard InChI is InChI=1S/C34H41ClN8O2/c1-8-25(40(2)3)19-36-31-26-15-11-22(17-28(26)33(44)42(6)38-31)23-12-16-27-29(18-23)34(45)43(7)39-32(27)37-20-30(41(4)5)21-9-13-24(35)14-10-21/h9-18,25,30H,8,19-20H2,1-7H3,(H,36,38)(H,37,39)/t25-,30?/m0/s1. The topological polar surface area (TPSA) is 100 Å². The minimum absolute atomic E-state index is 0.0560. The molecule has 0 aliphatic heterocycles. The lowest BCUT2D eigenvalue weighted by atomic mass is 9.99. The number of benzene rings is 3. The summed E-state index contributed by atoms with van der Waals surface area (Å²) < 4.78 is 2.73. The van der Waals surface area contributed by atoms with Gasteiger partial charge in [-0.2, -0.15) is 10.2 Å². The smallest absolute Gasteiger partial charge is 0.274 e. The van der Waals surface area contributed by atoms with Crippen LogP contribution in [0.1, 0.15) is 24.9 Å². The molecule has 0 radical (unpaired) electrons. The Morgan fingerprint density at radius 2 is 1.20 bits per heavy atom. The van der Waals surface area contributed by atoms with Gasteiger partial charge in [-0.1, -0.05) is 42.8 Å². The zero-order valence-corrected chi connectivity index (χ0v) is 27.7. The first kappa shape index (κ1) is 32.2. The fourth-order valence-corrected chi connectivity index (χ4v) is 5.83. The summed E-state index contributed by atoms with van der Waals surface area (Å²) in [5, 5.41) is 19.3. The molecule has 0 saturated carbocycles. The number of halogens is 1. The maximum atomic E-state index is 13.3. The Hall–Kier alpha value is -4.25. The molecule has 3 aromatic carbocycles. The van der Waals surface area contributed by atoms with Crippen molar-refractivity contribution < 1.29 is 0 Å². The van der Waals surface area contributed by atoms with Gasteiger partial charge in [0.25, 0.3) is 11.1 Å². The van der Waals surface area contributed by atoms with Gasteiger partial charge >= 0.3 is 0 Å². The van der Waals surface area contributed by atoms with E-state index in [9.17, 15) is 9.59 Å². The zero-order valence-electron chi connectivity index (χ0n) is 26.9. The number of nitrogens with zero attached hydrogens (tertiary/aromatic N) is 6. The first-order valence-corrected chi connectivity index (χ1v) is 15.4. The number of nitrogens with one attached hydrogen (secondary N) is 2. The summed E-state index contributed by atoms with van der Waals surface area (Å²) in [6.45, 7) is 3.43. The highest BCUT2D eigenvalue weighted by Gasteiger charge is 2.18. The van der Waals surface area contributed by atoms with Crippen LogP contribution < -0.4 is 21.8 Å². The van der Waals surface area contributed by atoms with Crippen LogP contribution in [-0.4, -0.2) is 76.7 Å². The maximum Gasteiger partial charge on any atom is 0.274 e. The summed E-state index contributed by atoms with van der Waals surface area (Å²) in [6.07, 6.45) is 0.987. The van der Waals surface area contributed by atoms with Gasteiger partial charge in [0, 0.05) is 49.0 Å². The lowest BCUT2D eigenvalue weighted by molar-refractivity contribution is 0.298. The van der Waals surface area contributed by atoms with Crippen molar-refractivity contribution in [2.24, 2.45) is 14.1 Å². The Labute approximate surface area is 268 Å². The summed E-state index contributed by atoms with van der Waals surface area (Å²) in [5.41, 5.74) is 2.41. The quantitative estimate of drug-likeness (QED) is 0.212. The van der Waals surface area contributed by atoms with Crippen LogP contribution in [0.25, 0.3) is 32.7 Å². The van der Waals surface area contributed by atoms with Crippen LogP contribution in [0.15, 0.2) is 70.3 Å². The van der Waals surface area contributed by atoms with Crippen molar-refractivity contribution in [1.29, 1.82) is 0 Å². The maximum absolute atomic E-state index is 13.3. The molecule has 0 aliphatic rings. The second kappa shape index (κ2) is 13.4. The Balaban J connectivity index is 1.50. The summed E-state index contributed by atoms with van der Waals surface area (Å²) in [7, 11) is 11.5. The van der Waals surface area contributed by atoms with E-state index in [1.807, 2.05) is 74.8 Å². The van der Waals surface area contributed by atoms with E-state index in [0.717, 1.165) is 33.9 Å². The fraction of sp³-hybridized carbons (Fsp3) is 0.353. The Morgan fingerprint density at radius 3 is 1.64 bits per heavy atom.